The van der Waals surface area contributed by atoms with Gasteiger partial charge >= 0.3 is 0 Å². The first-order chi connectivity index (χ1) is 10.1. The van der Waals surface area contributed by atoms with Gasteiger partial charge in [0.1, 0.15) is 0 Å². The zero-order chi connectivity index (χ0) is 15.2. The maximum atomic E-state index is 6.01. The summed E-state index contributed by atoms with van der Waals surface area (Å²) in [7, 11) is 0. The Labute approximate surface area is 151 Å². The van der Waals surface area contributed by atoms with E-state index >= 15 is 0 Å². The fourth-order valence-corrected chi connectivity index (χ4v) is 2.84. The summed E-state index contributed by atoms with van der Waals surface area (Å²) in [6.07, 6.45) is 2.62. The van der Waals surface area contributed by atoms with Gasteiger partial charge in [0, 0.05) is 11.7 Å². The fraction of sp³-hybridized carbons (Fsp3) is 0.588. The topological polar surface area (TPSA) is 53.6 Å². The number of aliphatic imine (C=N–C) groups is 1. The summed E-state index contributed by atoms with van der Waals surface area (Å²) < 4.78 is 0. The van der Waals surface area contributed by atoms with Gasteiger partial charge in [-0.2, -0.15) is 0 Å². The number of likely N-dealkylation sites (tertiary alicyclic amines) is 1. The molecule has 4 nitrogen and oxygen atoms in total. The molecule has 1 aliphatic heterocycles. The Kier molecular flexibility index (Phi) is 8.17. The van der Waals surface area contributed by atoms with Gasteiger partial charge in [0.25, 0.3) is 0 Å². The van der Waals surface area contributed by atoms with Crippen molar-refractivity contribution in [3.63, 3.8) is 0 Å². The molecule has 5 heteroatoms. The molecule has 0 bridgehead atoms. The lowest BCUT2D eigenvalue weighted by Crippen LogP contribution is -2.40. The number of aryl methyl sites for hydroxylation is 1. The molecule has 1 aliphatic rings. The summed E-state index contributed by atoms with van der Waals surface area (Å²) in [6, 6.07) is 8.68. The predicted molar refractivity (Wildman–Crippen MR) is 106 cm³/mol. The lowest BCUT2D eigenvalue weighted by molar-refractivity contribution is 0.198. The molecule has 3 N–H and O–H groups in total. The van der Waals surface area contributed by atoms with E-state index in [1.165, 1.54) is 31.5 Å². The first kappa shape index (κ1) is 19.2. The largest absolute Gasteiger partial charge is 0.370 e. The van der Waals surface area contributed by atoms with E-state index in [0.29, 0.717) is 17.9 Å². The summed E-state index contributed by atoms with van der Waals surface area (Å²) in [4.78, 5) is 7.10. The summed E-state index contributed by atoms with van der Waals surface area (Å²) in [5.41, 5.74) is 8.24. The third-order valence-electron chi connectivity index (χ3n) is 4.15. The van der Waals surface area contributed by atoms with Crippen molar-refractivity contribution in [2.24, 2.45) is 16.6 Å². The molecule has 2 rings (SSSR count). The van der Waals surface area contributed by atoms with Crippen LogP contribution in [0.15, 0.2) is 29.3 Å². The molecule has 1 fully saturated rings. The average molecular weight is 416 g/mol. The van der Waals surface area contributed by atoms with Crippen molar-refractivity contribution in [3.05, 3.63) is 29.8 Å². The molecule has 0 radical (unpaired) electrons. The molecule has 1 atom stereocenters. The number of nitrogens with two attached hydrogens (primary N) is 1. The number of rotatable bonds is 5. The van der Waals surface area contributed by atoms with Crippen LogP contribution in [0.1, 0.15) is 32.3 Å². The molecule has 0 amide bonds. The molecule has 22 heavy (non-hydrogen) atoms. The van der Waals surface area contributed by atoms with Crippen LogP contribution in [0.25, 0.3) is 0 Å². The van der Waals surface area contributed by atoms with Crippen molar-refractivity contribution in [1.29, 1.82) is 0 Å². The lowest BCUT2D eigenvalue weighted by Gasteiger charge is -2.29. The van der Waals surface area contributed by atoms with E-state index in [4.69, 9.17) is 5.73 Å². The molecule has 0 aromatic heterocycles. The van der Waals surface area contributed by atoms with Crippen molar-refractivity contribution in [3.8, 4) is 0 Å². The Morgan fingerprint density at radius 1 is 1.23 bits per heavy atom. The standard InChI is InChI=1S/C17H28N4.HI/c1-13(2)16(21-10-4-5-11-21)12-19-17(18)20-15-8-6-14(3)7-9-15;/h6-9,13,16H,4-5,10-12H2,1-3H3,(H3,18,19,20);1H. The van der Waals surface area contributed by atoms with Crippen LogP contribution in [0.4, 0.5) is 5.69 Å². The van der Waals surface area contributed by atoms with Gasteiger partial charge in [-0.25, -0.2) is 0 Å². The molecular weight excluding hydrogens is 387 g/mol. The van der Waals surface area contributed by atoms with Crippen LogP contribution in [0, 0.1) is 12.8 Å². The minimum absolute atomic E-state index is 0. The van der Waals surface area contributed by atoms with Crippen LogP contribution in [0.2, 0.25) is 0 Å². The summed E-state index contributed by atoms with van der Waals surface area (Å²) in [5.74, 6) is 1.10. The van der Waals surface area contributed by atoms with Gasteiger partial charge in [-0.05, 0) is 50.9 Å². The monoisotopic (exact) mass is 416 g/mol. The first-order valence-electron chi connectivity index (χ1n) is 7.94. The number of nitrogens with zero attached hydrogens (tertiary/aromatic N) is 2. The van der Waals surface area contributed by atoms with Gasteiger partial charge in [-0.3, -0.25) is 9.89 Å². The summed E-state index contributed by atoms with van der Waals surface area (Å²) in [5, 5.41) is 3.16. The minimum Gasteiger partial charge on any atom is -0.370 e. The maximum absolute atomic E-state index is 6.01. The minimum atomic E-state index is 0. The Hall–Kier alpha value is -0.820. The second-order valence-corrected chi connectivity index (χ2v) is 6.27. The molecule has 0 spiro atoms. The number of halogens is 1. The lowest BCUT2D eigenvalue weighted by atomic mass is 10.0. The Morgan fingerprint density at radius 2 is 1.82 bits per heavy atom. The maximum Gasteiger partial charge on any atom is 0.193 e. The van der Waals surface area contributed by atoms with Crippen LogP contribution in [0.3, 0.4) is 0 Å². The van der Waals surface area contributed by atoms with Gasteiger partial charge < -0.3 is 11.1 Å². The van der Waals surface area contributed by atoms with E-state index in [1.54, 1.807) is 0 Å². The second kappa shape index (κ2) is 9.35. The quantitative estimate of drug-likeness (QED) is 0.439. The van der Waals surface area contributed by atoms with Gasteiger partial charge in [0.15, 0.2) is 5.96 Å². The van der Waals surface area contributed by atoms with E-state index < -0.39 is 0 Å². The highest BCUT2D eigenvalue weighted by Crippen LogP contribution is 2.18. The number of hydrogen-bond donors (Lipinski definition) is 2. The molecule has 0 saturated carbocycles. The van der Waals surface area contributed by atoms with Crippen LogP contribution >= 0.6 is 24.0 Å². The van der Waals surface area contributed by atoms with Crippen molar-refractivity contribution in [1.82, 2.24) is 4.90 Å². The third-order valence-corrected chi connectivity index (χ3v) is 4.15. The van der Waals surface area contributed by atoms with E-state index in [-0.39, 0.29) is 24.0 Å². The van der Waals surface area contributed by atoms with Crippen molar-refractivity contribution >= 4 is 35.6 Å². The number of hydrogen-bond acceptors (Lipinski definition) is 2. The zero-order valence-electron chi connectivity index (χ0n) is 13.9. The molecule has 124 valence electrons. The smallest absolute Gasteiger partial charge is 0.193 e. The Balaban J connectivity index is 0.00000242. The van der Waals surface area contributed by atoms with Gasteiger partial charge in [0.2, 0.25) is 0 Å². The Bertz CT molecular complexity index is 464. The molecule has 1 aromatic carbocycles. The van der Waals surface area contributed by atoms with Crippen LogP contribution < -0.4 is 11.1 Å². The zero-order valence-corrected chi connectivity index (χ0v) is 16.2. The van der Waals surface area contributed by atoms with E-state index in [2.05, 4.69) is 48.1 Å². The summed E-state index contributed by atoms with van der Waals surface area (Å²) >= 11 is 0. The van der Waals surface area contributed by atoms with Gasteiger partial charge in [0.05, 0.1) is 6.54 Å². The normalized spacial score (nSPS) is 17.4. The fourth-order valence-electron chi connectivity index (χ4n) is 2.84. The van der Waals surface area contributed by atoms with Crippen molar-refractivity contribution in [2.75, 3.05) is 25.0 Å². The number of benzene rings is 1. The SMILES string of the molecule is Cc1ccc(NC(N)=NCC(C(C)C)N2CCCC2)cc1.I. The van der Waals surface area contributed by atoms with Crippen molar-refractivity contribution < 1.29 is 0 Å². The second-order valence-electron chi connectivity index (χ2n) is 6.27. The molecule has 1 saturated heterocycles. The predicted octanol–water partition coefficient (Wildman–Crippen LogP) is 3.46. The highest BCUT2D eigenvalue weighted by Gasteiger charge is 2.24. The van der Waals surface area contributed by atoms with Gasteiger partial charge in [-0.1, -0.05) is 31.5 Å². The third kappa shape index (κ3) is 5.76. The molecular formula is C17H29IN4. The van der Waals surface area contributed by atoms with Crippen molar-refractivity contribution in [2.45, 2.75) is 39.7 Å². The summed E-state index contributed by atoms with van der Waals surface area (Å²) in [6.45, 7) is 9.77. The van der Waals surface area contributed by atoms with E-state index in [0.717, 1.165) is 12.2 Å². The van der Waals surface area contributed by atoms with Crippen LogP contribution in [0.5, 0.6) is 0 Å². The molecule has 0 aliphatic carbocycles. The number of guanidine groups is 1. The molecule has 1 heterocycles. The number of nitrogens with one attached hydrogen (secondary N) is 1. The van der Waals surface area contributed by atoms with Crippen LogP contribution in [-0.4, -0.2) is 36.5 Å². The molecule has 1 aromatic rings. The molecule has 1 unspecified atom stereocenters. The highest BCUT2D eigenvalue weighted by molar-refractivity contribution is 14.0. The average Bonchev–Trinajstić information content (AvgIpc) is 2.95. The van der Waals surface area contributed by atoms with E-state index in [1.807, 2.05) is 12.1 Å². The van der Waals surface area contributed by atoms with Gasteiger partial charge in [-0.15, -0.1) is 24.0 Å². The Morgan fingerprint density at radius 3 is 2.36 bits per heavy atom. The van der Waals surface area contributed by atoms with E-state index in [9.17, 15) is 0 Å². The highest BCUT2D eigenvalue weighted by atomic mass is 127. The number of anilines is 1. The van der Waals surface area contributed by atoms with Crippen LogP contribution in [-0.2, 0) is 0 Å². The first-order valence-corrected chi connectivity index (χ1v) is 7.94.